The smallest absolute Gasteiger partial charge is 0.255 e. The monoisotopic (exact) mass is 381 g/mol. The molecule has 1 amide bonds. The van der Waals surface area contributed by atoms with Crippen molar-refractivity contribution in [1.82, 2.24) is 14.8 Å². The lowest BCUT2D eigenvalue weighted by atomic mass is 9.95. The molecular formula is C21H36ClN3O. The Bertz CT molecular complexity index is 584. The van der Waals surface area contributed by atoms with Crippen LogP contribution >= 0.6 is 12.4 Å². The molecular weight excluding hydrogens is 346 g/mol. The van der Waals surface area contributed by atoms with Gasteiger partial charge in [-0.1, -0.05) is 26.2 Å². The Hall–Kier alpha value is -1.00. The van der Waals surface area contributed by atoms with Crippen molar-refractivity contribution in [2.24, 2.45) is 5.92 Å². The molecule has 0 unspecified atom stereocenters. The second-order valence-corrected chi connectivity index (χ2v) is 7.99. The second kappa shape index (κ2) is 9.80. The zero-order valence-corrected chi connectivity index (χ0v) is 17.5. The fraction of sp³-hybridized carbons (Fsp3) is 0.762. The minimum absolute atomic E-state index is 0. The lowest BCUT2D eigenvalue weighted by molar-refractivity contribution is 0.0689. The van der Waals surface area contributed by atoms with Crippen LogP contribution in [0.2, 0.25) is 0 Å². The Labute approximate surface area is 165 Å². The van der Waals surface area contributed by atoms with Crippen LogP contribution in [0.15, 0.2) is 6.07 Å². The van der Waals surface area contributed by atoms with Gasteiger partial charge in [-0.3, -0.25) is 4.79 Å². The standard InChI is InChI=1S/C21H35N3O.ClH/c1-4-22-15-18-10-12-23(13-11-18)21(25)20-14-16(2)24(17(20)3)19-8-6-5-7-9-19;/h14,18-19,22H,4-13,15H2,1-3H3;1H. The first-order valence-electron chi connectivity index (χ1n) is 10.3. The Balaban J connectivity index is 0.00000243. The van der Waals surface area contributed by atoms with Crippen molar-refractivity contribution < 1.29 is 4.79 Å². The van der Waals surface area contributed by atoms with Crippen LogP contribution in [0.5, 0.6) is 0 Å². The molecule has 3 rings (SSSR count). The maximum Gasteiger partial charge on any atom is 0.255 e. The van der Waals surface area contributed by atoms with Gasteiger partial charge in [0.25, 0.3) is 5.91 Å². The number of hydrogen-bond acceptors (Lipinski definition) is 2. The summed E-state index contributed by atoms with van der Waals surface area (Å²) >= 11 is 0. The van der Waals surface area contributed by atoms with E-state index in [0.29, 0.717) is 6.04 Å². The third-order valence-corrected chi connectivity index (χ3v) is 6.24. The van der Waals surface area contributed by atoms with Gasteiger partial charge >= 0.3 is 0 Å². The number of aryl methyl sites for hydroxylation is 1. The predicted octanol–water partition coefficient (Wildman–Crippen LogP) is 4.49. The molecule has 26 heavy (non-hydrogen) atoms. The Morgan fingerprint density at radius 3 is 2.38 bits per heavy atom. The molecule has 2 heterocycles. The number of halogens is 1. The highest BCUT2D eigenvalue weighted by Crippen LogP contribution is 2.32. The summed E-state index contributed by atoms with van der Waals surface area (Å²) in [5.41, 5.74) is 3.38. The van der Waals surface area contributed by atoms with Crippen LogP contribution in [0.25, 0.3) is 0 Å². The molecule has 1 aliphatic carbocycles. The summed E-state index contributed by atoms with van der Waals surface area (Å²) in [6.45, 7) is 10.4. The van der Waals surface area contributed by atoms with Crippen molar-refractivity contribution in [2.75, 3.05) is 26.2 Å². The normalized spacial score (nSPS) is 19.4. The van der Waals surface area contributed by atoms with Gasteiger partial charge in [0, 0.05) is 30.5 Å². The largest absolute Gasteiger partial charge is 0.345 e. The third kappa shape index (κ3) is 4.64. The van der Waals surface area contributed by atoms with E-state index < -0.39 is 0 Å². The number of piperidine rings is 1. The predicted molar refractivity (Wildman–Crippen MR) is 110 cm³/mol. The minimum atomic E-state index is 0. The van der Waals surface area contributed by atoms with Gasteiger partial charge in [0.15, 0.2) is 0 Å². The lowest BCUT2D eigenvalue weighted by Crippen LogP contribution is -2.41. The summed E-state index contributed by atoms with van der Waals surface area (Å²) < 4.78 is 2.45. The first kappa shape index (κ1) is 21.3. The van der Waals surface area contributed by atoms with Crippen molar-refractivity contribution in [3.05, 3.63) is 23.0 Å². The summed E-state index contributed by atoms with van der Waals surface area (Å²) in [4.78, 5) is 15.2. The van der Waals surface area contributed by atoms with E-state index in [1.54, 1.807) is 0 Å². The number of aromatic nitrogens is 1. The van der Waals surface area contributed by atoms with Crippen LogP contribution in [0.3, 0.4) is 0 Å². The lowest BCUT2D eigenvalue weighted by Gasteiger charge is -2.32. The molecule has 5 heteroatoms. The molecule has 1 aromatic heterocycles. The first-order valence-corrected chi connectivity index (χ1v) is 10.3. The summed E-state index contributed by atoms with van der Waals surface area (Å²) in [6, 6.07) is 2.73. The quantitative estimate of drug-likeness (QED) is 0.815. The van der Waals surface area contributed by atoms with Crippen molar-refractivity contribution in [1.29, 1.82) is 0 Å². The molecule has 0 bridgehead atoms. The van der Waals surface area contributed by atoms with Crippen LogP contribution in [0.4, 0.5) is 0 Å². The highest BCUT2D eigenvalue weighted by molar-refractivity contribution is 5.95. The van der Waals surface area contributed by atoms with Gasteiger partial charge in [-0.05, 0) is 64.6 Å². The van der Waals surface area contributed by atoms with Gasteiger partial charge in [-0.15, -0.1) is 12.4 Å². The molecule has 1 N–H and O–H groups in total. The van der Waals surface area contributed by atoms with Crippen LogP contribution in [0, 0.1) is 19.8 Å². The van der Waals surface area contributed by atoms with Crippen LogP contribution in [-0.4, -0.2) is 41.6 Å². The fourth-order valence-corrected chi connectivity index (χ4v) is 4.75. The van der Waals surface area contributed by atoms with Crippen LogP contribution in [0.1, 0.15) is 79.7 Å². The van der Waals surface area contributed by atoms with Crippen molar-refractivity contribution in [3.8, 4) is 0 Å². The fourth-order valence-electron chi connectivity index (χ4n) is 4.75. The number of carbonyl (C=O) groups is 1. The van der Waals surface area contributed by atoms with Gasteiger partial charge in [-0.25, -0.2) is 0 Å². The minimum Gasteiger partial charge on any atom is -0.345 e. The van der Waals surface area contributed by atoms with E-state index in [9.17, 15) is 4.79 Å². The number of likely N-dealkylation sites (tertiary alicyclic amines) is 1. The number of nitrogens with one attached hydrogen (secondary N) is 1. The summed E-state index contributed by atoms with van der Waals surface area (Å²) in [5.74, 6) is 0.968. The molecule has 2 fully saturated rings. The molecule has 0 aromatic carbocycles. The molecule has 1 aromatic rings. The van der Waals surface area contributed by atoms with Gasteiger partial charge in [0.2, 0.25) is 0 Å². The average Bonchev–Trinajstić information content (AvgIpc) is 2.95. The average molecular weight is 382 g/mol. The maximum atomic E-state index is 13.1. The van der Waals surface area contributed by atoms with Crippen molar-refractivity contribution in [3.63, 3.8) is 0 Å². The topological polar surface area (TPSA) is 37.3 Å². The van der Waals surface area contributed by atoms with E-state index in [2.05, 4.69) is 41.6 Å². The molecule has 0 radical (unpaired) electrons. The molecule has 1 aliphatic heterocycles. The molecule has 1 saturated heterocycles. The molecule has 0 spiro atoms. The van der Waals surface area contributed by atoms with Gasteiger partial charge in [-0.2, -0.15) is 0 Å². The molecule has 4 nitrogen and oxygen atoms in total. The Kier molecular flexibility index (Phi) is 8.03. The molecule has 1 saturated carbocycles. The highest BCUT2D eigenvalue weighted by Gasteiger charge is 2.27. The van der Waals surface area contributed by atoms with E-state index in [0.717, 1.165) is 50.5 Å². The first-order chi connectivity index (χ1) is 12.1. The zero-order chi connectivity index (χ0) is 17.8. The SMILES string of the molecule is CCNCC1CCN(C(=O)c2cc(C)n(C3CCCCC3)c2C)CC1.Cl. The zero-order valence-electron chi connectivity index (χ0n) is 16.7. The Morgan fingerprint density at radius 1 is 1.12 bits per heavy atom. The van der Waals surface area contributed by atoms with Crippen molar-refractivity contribution in [2.45, 2.75) is 71.8 Å². The molecule has 2 aliphatic rings. The summed E-state index contributed by atoms with van der Waals surface area (Å²) in [5, 5.41) is 3.44. The highest BCUT2D eigenvalue weighted by atomic mass is 35.5. The Morgan fingerprint density at radius 2 is 1.77 bits per heavy atom. The van der Waals surface area contributed by atoms with E-state index >= 15 is 0 Å². The van der Waals surface area contributed by atoms with E-state index in [1.165, 1.54) is 43.5 Å². The van der Waals surface area contributed by atoms with Crippen molar-refractivity contribution >= 4 is 18.3 Å². The number of nitrogens with zero attached hydrogens (tertiary/aromatic N) is 2. The van der Waals surface area contributed by atoms with Gasteiger partial charge < -0.3 is 14.8 Å². The third-order valence-electron chi connectivity index (χ3n) is 6.24. The summed E-state index contributed by atoms with van der Waals surface area (Å²) in [7, 11) is 0. The van der Waals surface area contributed by atoms with Crippen LogP contribution < -0.4 is 5.32 Å². The molecule has 148 valence electrons. The molecule has 0 atom stereocenters. The van der Waals surface area contributed by atoms with E-state index in [-0.39, 0.29) is 18.3 Å². The number of amides is 1. The van der Waals surface area contributed by atoms with Gasteiger partial charge in [0.1, 0.15) is 0 Å². The summed E-state index contributed by atoms with van der Waals surface area (Å²) in [6.07, 6.45) is 8.79. The number of carbonyl (C=O) groups excluding carboxylic acids is 1. The second-order valence-electron chi connectivity index (χ2n) is 7.99. The maximum absolute atomic E-state index is 13.1. The van der Waals surface area contributed by atoms with E-state index in [1.807, 2.05) is 0 Å². The number of rotatable bonds is 5. The van der Waals surface area contributed by atoms with E-state index in [4.69, 9.17) is 0 Å². The van der Waals surface area contributed by atoms with Crippen LogP contribution in [-0.2, 0) is 0 Å². The number of hydrogen-bond donors (Lipinski definition) is 1. The van der Waals surface area contributed by atoms with Gasteiger partial charge in [0.05, 0.1) is 5.56 Å².